The summed E-state index contributed by atoms with van der Waals surface area (Å²) in [6.07, 6.45) is 0.726. The van der Waals surface area contributed by atoms with Gasteiger partial charge in [0.05, 0.1) is 5.75 Å². The molecule has 0 aromatic carbocycles. The molecule has 1 N–H and O–H groups in total. The van der Waals surface area contributed by atoms with Crippen molar-refractivity contribution in [3.8, 4) is 0 Å². The highest BCUT2D eigenvalue weighted by molar-refractivity contribution is 7.91. The van der Waals surface area contributed by atoms with E-state index in [1.54, 1.807) is 0 Å². The Kier molecular flexibility index (Phi) is 4.84. The van der Waals surface area contributed by atoms with Gasteiger partial charge in [0.1, 0.15) is 0 Å². The maximum atomic E-state index is 11.4. The van der Waals surface area contributed by atoms with E-state index in [2.05, 4.69) is 10.2 Å². The summed E-state index contributed by atoms with van der Waals surface area (Å²) < 4.78 is 22.9. The zero-order valence-corrected chi connectivity index (χ0v) is 9.65. The second kappa shape index (κ2) is 5.68. The first-order chi connectivity index (χ1) is 6.64. The van der Waals surface area contributed by atoms with Crippen LogP contribution in [-0.4, -0.2) is 57.5 Å². The van der Waals surface area contributed by atoms with E-state index in [1.807, 2.05) is 6.92 Å². The molecule has 0 aromatic rings. The van der Waals surface area contributed by atoms with Crippen LogP contribution in [0.1, 0.15) is 13.3 Å². The van der Waals surface area contributed by atoms with E-state index in [9.17, 15) is 8.42 Å². The monoisotopic (exact) mass is 220 g/mol. The van der Waals surface area contributed by atoms with Gasteiger partial charge in [-0.05, 0) is 6.42 Å². The summed E-state index contributed by atoms with van der Waals surface area (Å²) in [4.78, 5) is 2.21. The summed E-state index contributed by atoms with van der Waals surface area (Å²) >= 11 is 0. The molecule has 0 bridgehead atoms. The lowest BCUT2D eigenvalue weighted by molar-refractivity contribution is 0.254. The van der Waals surface area contributed by atoms with Crippen LogP contribution in [-0.2, 0) is 9.84 Å². The SMILES string of the molecule is CCCS(=O)(=O)CCN1CCNCC1. The summed E-state index contributed by atoms with van der Waals surface area (Å²) in [5.74, 6) is 0.653. The zero-order chi connectivity index (χ0) is 10.4. The zero-order valence-electron chi connectivity index (χ0n) is 8.83. The van der Waals surface area contributed by atoms with E-state index in [-0.39, 0.29) is 0 Å². The van der Waals surface area contributed by atoms with Crippen molar-refractivity contribution in [2.45, 2.75) is 13.3 Å². The van der Waals surface area contributed by atoms with Crippen LogP contribution >= 0.6 is 0 Å². The lowest BCUT2D eigenvalue weighted by atomic mass is 10.4. The van der Waals surface area contributed by atoms with Crippen molar-refractivity contribution in [1.29, 1.82) is 0 Å². The van der Waals surface area contributed by atoms with Gasteiger partial charge in [-0.1, -0.05) is 6.92 Å². The van der Waals surface area contributed by atoms with Gasteiger partial charge in [0.25, 0.3) is 0 Å². The molecule has 1 aliphatic rings. The second-order valence-corrected chi connectivity index (χ2v) is 6.05. The van der Waals surface area contributed by atoms with E-state index in [4.69, 9.17) is 0 Å². The fourth-order valence-corrected chi connectivity index (χ4v) is 2.98. The predicted molar refractivity (Wildman–Crippen MR) is 58.3 cm³/mol. The molecule has 0 unspecified atom stereocenters. The van der Waals surface area contributed by atoms with Gasteiger partial charge in [-0.3, -0.25) is 4.90 Å². The molecule has 0 aromatic heterocycles. The first-order valence-electron chi connectivity index (χ1n) is 5.27. The molecule has 0 radical (unpaired) electrons. The topological polar surface area (TPSA) is 49.4 Å². The Morgan fingerprint density at radius 1 is 1.21 bits per heavy atom. The van der Waals surface area contributed by atoms with Crippen molar-refractivity contribution >= 4 is 9.84 Å². The number of hydrogen-bond donors (Lipinski definition) is 1. The molecule has 0 amide bonds. The molecule has 1 aliphatic heterocycles. The van der Waals surface area contributed by atoms with Crippen molar-refractivity contribution in [3.63, 3.8) is 0 Å². The van der Waals surface area contributed by atoms with Gasteiger partial charge in [-0.2, -0.15) is 0 Å². The lowest BCUT2D eigenvalue weighted by Crippen LogP contribution is -2.45. The van der Waals surface area contributed by atoms with Gasteiger partial charge < -0.3 is 5.32 Å². The fourth-order valence-electron chi connectivity index (χ4n) is 1.62. The highest BCUT2D eigenvalue weighted by Gasteiger charge is 2.14. The Bertz CT molecular complexity index is 246. The Balaban J connectivity index is 2.24. The van der Waals surface area contributed by atoms with Crippen molar-refractivity contribution < 1.29 is 8.42 Å². The number of piperazine rings is 1. The molecule has 1 heterocycles. The molecule has 1 saturated heterocycles. The number of nitrogens with one attached hydrogen (secondary N) is 1. The third kappa shape index (κ3) is 4.39. The van der Waals surface area contributed by atoms with Gasteiger partial charge in [0, 0.05) is 38.5 Å². The van der Waals surface area contributed by atoms with Crippen LogP contribution in [0.25, 0.3) is 0 Å². The van der Waals surface area contributed by atoms with Crippen LogP contribution in [0.15, 0.2) is 0 Å². The number of sulfone groups is 1. The summed E-state index contributed by atoms with van der Waals surface area (Å²) in [5.41, 5.74) is 0. The summed E-state index contributed by atoms with van der Waals surface area (Å²) in [5, 5.41) is 3.25. The number of rotatable bonds is 5. The van der Waals surface area contributed by atoms with E-state index < -0.39 is 9.84 Å². The van der Waals surface area contributed by atoms with E-state index in [0.717, 1.165) is 32.6 Å². The molecular weight excluding hydrogens is 200 g/mol. The molecule has 1 fully saturated rings. The molecule has 4 nitrogen and oxygen atoms in total. The molecular formula is C9H20N2O2S. The average Bonchev–Trinajstić information content (AvgIpc) is 2.17. The quantitative estimate of drug-likeness (QED) is 0.692. The van der Waals surface area contributed by atoms with Crippen LogP contribution in [0.4, 0.5) is 0 Å². The largest absolute Gasteiger partial charge is 0.314 e. The van der Waals surface area contributed by atoms with Gasteiger partial charge in [0.15, 0.2) is 9.84 Å². The maximum Gasteiger partial charge on any atom is 0.151 e. The van der Waals surface area contributed by atoms with Crippen molar-refractivity contribution in [3.05, 3.63) is 0 Å². The number of nitrogens with zero attached hydrogens (tertiary/aromatic N) is 1. The fraction of sp³-hybridized carbons (Fsp3) is 1.00. The van der Waals surface area contributed by atoms with Crippen LogP contribution in [0, 0.1) is 0 Å². The Morgan fingerprint density at radius 3 is 2.43 bits per heavy atom. The highest BCUT2D eigenvalue weighted by atomic mass is 32.2. The molecule has 0 saturated carbocycles. The highest BCUT2D eigenvalue weighted by Crippen LogP contribution is 1.97. The summed E-state index contributed by atoms with van der Waals surface area (Å²) in [6, 6.07) is 0. The van der Waals surface area contributed by atoms with Crippen LogP contribution in [0.2, 0.25) is 0 Å². The minimum Gasteiger partial charge on any atom is -0.314 e. The van der Waals surface area contributed by atoms with Gasteiger partial charge in [-0.15, -0.1) is 0 Å². The maximum absolute atomic E-state index is 11.4. The van der Waals surface area contributed by atoms with Crippen molar-refractivity contribution in [2.75, 3.05) is 44.2 Å². The van der Waals surface area contributed by atoms with Gasteiger partial charge >= 0.3 is 0 Å². The van der Waals surface area contributed by atoms with E-state index in [1.165, 1.54) is 0 Å². The predicted octanol–water partition coefficient (Wildman–Crippen LogP) is -0.284. The summed E-state index contributed by atoms with van der Waals surface area (Å²) in [7, 11) is -2.79. The van der Waals surface area contributed by atoms with Crippen molar-refractivity contribution in [1.82, 2.24) is 10.2 Å². The van der Waals surface area contributed by atoms with E-state index >= 15 is 0 Å². The number of hydrogen-bond acceptors (Lipinski definition) is 4. The lowest BCUT2D eigenvalue weighted by Gasteiger charge is -2.26. The summed E-state index contributed by atoms with van der Waals surface area (Å²) in [6.45, 7) is 6.51. The average molecular weight is 220 g/mol. The van der Waals surface area contributed by atoms with Gasteiger partial charge in [0.2, 0.25) is 0 Å². The Hall–Kier alpha value is -0.130. The second-order valence-electron chi connectivity index (χ2n) is 3.74. The van der Waals surface area contributed by atoms with E-state index in [0.29, 0.717) is 18.1 Å². The first kappa shape index (κ1) is 11.9. The molecule has 0 spiro atoms. The molecule has 14 heavy (non-hydrogen) atoms. The van der Waals surface area contributed by atoms with Crippen molar-refractivity contribution in [2.24, 2.45) is 0 Å². The first-order valence-corrected chi connectivity index (χ1v) is 7.09. The molecule has 84 valence electrons. The molecule has 0 aliphatic carbocycles. The van der Waals surface area contributed by atoms with Crippen LogP contribution in [0.5, 0.6) is 0 Å². The van der Waals surface area contributed by atoms with Crippen LogP contribution in [0.3, 0.4) is 0 Å². The normalized spacial score (nSPS) is 19.8. The molecule has 5 heteroatoms. The molecule has 0 atom stereocenters. The third-order valence-electron chi connectivity index (χ3n) is 2.44. The third-order valence-corrected chi connectivity index (χ3v) is 4.28. The molecule has 1 rings (SSSR count). The Labute approximate surface area is 86.6 Å². The van der Waals surface area contributed by atoms with Crippen LogP contribution < -0.4 is 5.32 Å². The smallest absolute Gasteiger partial charge is 0.151 e. The van der Waals surface area contributed by atoms with Gasteiger partial charge in [-0.25, -0.2) is 8.42 Å². The Morgan fingerprint density at radius 2 is 1.86 bits per heavy atom. The standard InChI is InChI=1S/C9H20N2O2S/c1-2-8-14(12,13)9-7-11-5-3-10-4-6-11/h10H,2-9H2,1H3. The minimum atomic E-state index is -2.79. The minimum absolute atomic E-state index is 0.320.